The van der Waals surface area contributed by atoms with E-state index in [1.807, 2.05) is 0 Å². The fourth-order valence-electron chi connectivity index (χ4n) is 3.71. The van der Waals surface area contributed by atoms with Crippen LogP contribution >= 0.6 is 12.2 Å². The number of ether oxygens (including phenoxy) is 1. The van der Waals surface area contributed by atoms with Gasteiger partial charge in [0.1, 0.15) is 11.6 Å². The summed E-state index contributed by atoms with van der Waals surface area (Å²) in [5, 5.41) is 6.00. The predicted molar refractivity (Wildman–Crippen MR) is 133 cm³/mol. The first kappa shape index (κ1) is 25.4. The van der Waals surface area contributed by atoms with E-state index >= 15 is 0 Å². The Labute approximate surface area is 204 Å². The second-order valence-electron chi connectivity index (χ2n) is 7.94. The molecule has 4 N–H and O–H groups in total. The van der Waals surface area contributed by atoms with E-state index in [1.165, 1.54) is 62.8 Å². The summed E-state index contributed by atoms with van der Waals surface area (Å²) in [6.45, 7) is 4.05. The van der Waals surface area contributed by atoms with Gasteiger partial charge in [-0.3, -0.25) is 20.4 Å². The van der Waals surface area contributed by atoms with E-state index in [1.54, 1.807) is 6.07 Å². The molecule has 2 aromatic rings. The summed E-state index contributed by atoms with van der Waals surface area (Å²) in [4.78, 5) is 27.4. The molecule has 0 unspecified atom stereocenters. The lowest BCUT2D eigenvalue weighted by atomic mass is 10.1. The Hall–Kier alpha value is -3.24. The summed E-state index contributed by atoms with van der Waals surface area (Å²) in [5.41, 5.74) is 5.75. The van der Waals surface area contributed by atoms with Gasteiger partial charge < -0.3 is 20.3 Å². The number of piperidine rings is 1. The first-order chi connectivity index (χ1) is 16.5. The number of benzene rings is 2. The highest BCUT2D eigenvalue weighted by Crippen LogP contribution is 2.24. The molecule has 2 aromatic carbocycles. The molecule has 0 spiro atoms. The number of nitrogens with zero attached hydrogens (tertiary/aromatic N) is 1. The number of carbonyl (C=O) groups excluding carboxylic acids is 2. The van der Waals surface area contributed by atoms with Crippen LogP contribution in [-0.4, -0.2) is 55.1 Å². The standard InChI is InChI=1S/C24H30FN5O3S/c1-33-21-16-17(27-22(31)18-8-3-4-9-20(18)25)10-11-19(21)23(32)28-29-24(34)26-12-7-15-30-13-5-2-6-14-30/h3-4,8-11,16H,2,5-7,12-15H2,1H3,(H,27,31)(H,28,32)(H2,26,29,34). The minimum absolute atomic E-state index is 0.0792. The van der Waals surface area contributed by atoms with E-state index in [-0.39, 0.29) is 16.9 Å². The van der Waals surface area contributed by atoms with Gasteiger partial charge in [-0.15, -0.1) is 0 Å². The average molecular weight is 488 g/mol. The molecule has 0 radical (unpaired) electrons. The Morgan fingerprint density at radius 2 is 1.79 bits per heavy atom. The third-order valence-corrected chi connectivity index (χ3v) is 5.74. The number of hydrogen-bond acceptors (Lipinski definition) is 5. The summed E-state index contributed by atoms with van der Waals surface area (Å²) in [5.74, 6) is -1.44. The van der Waals surface area contributed by atoms with E-state index in [2.05, 4.69) is 26.4 Å². The van der Waals surface area contributed by atoms with Crippen LogP contribution in [0.2, 0.25) is 0 Å². The second kappa shape index (κ2) is 12.9. The van der Waals surface area contributed by atoms with Gasteiger partial charge in [-0.05, 0) is 75.4 Å². The van der Waals surface area contributed by atoms with Crippen molar-refractivity contribution in [3.8, 4) is 5.75 Å². The zero-order valence-electron chi connectivity index (χ0n) is 19.2. The maximum Gasteiger partial charge on any atom is 0.273 e. The normalized spacial score (nSPS) is 13.6. The minimum Gasteiger partial charge on any atom is -0.496 e. The number of hydrazine groups is 1. The van der Waals surface area contributed by atoms with Gasteiger partial charge in [-0.25, -0.2) is 4.39 Å². The number of halogens is 1. The second-order valence-corrected chi connectivity index (χ2v) is 8.35. The Bertz CT molecular complexity index is 1010. The molecule has 1 heterocycles. The zero-order valence-corrected chi connectivity index (χ0v) is 20.0. The number of amides is 2. The summed E-state index contributed by atoms with van der Waals surface area (Å²) in [7, 11) is 1.41. The number of rotatable bonds is 8. The van der Waals surface area contributed by atoms with Crippen molar-refractivity contribution >= 4 is 34.8 Å². The van der Waals surface area contributed by atoms with Gasteiger partial charge in [0.25, 0.3) is 11.8 Å². The number of nitrogens with one attached hydrogen (secondary N) is 4. The van der Waals surface area contributed by atoms with Crippen LogP contribution in [-0.2, 0) is 0 Å². The van der Waals surface area contributed by atoms with Gasteiger partial charge >= 0.3 is 0 Å². The van der Waals surface area contributed by atoms with Gasteiger partial charge in [-0.1, -0.05) is 18.6 Å². The minimum atomic E-state index is -0.620. The molecule has 10 heteroatoms. The van der Waals surface area contributed by atoms with Crippen LogP contribution in [0.1, 0.15) is 46.4 Å². The molecule has 0 aromatic heterocycles. The van der Waals surface area contributed by atoms with Gasteiger partial charge in [0.05, 0.1) is 18.2 Å². The molecule has 3 rings (SSSR count). The third-order valence-electron chi connectivity index (χ3n) is 5.50. The van der Waals surface area contributed by atoms with Gasteiger partial charge in [-0.2, -0.15) is 0 Å². The van der Waals surface area contributed by atoms with Crippen LogP contribution in [0.5, 0.6) is 5.75 Å². The van der Waals surface area contributed by atoms with Gasteiger partial charge in [0.15, 0.2) is 5.11 Å². The van der Waals surface area contributed by atoms with Crippen LogP contribution in [0.4, 0.5) is 10.1 Å². The molecule has 1 saturated heterocycles. The van der Waals surface area contributed by atoms with E-state index in [4.69, 9.17) is 17.0 Å². The molecule has 0 aliphatic carbocycles. The summed E-state index contributed by atoms with van der Waals surface area (Å²) in [6, 6.07) is 10.2. The number of methoxy groups -OCH3 is 1. The van der Waals surface area contributed by atoms with Crippen molar-refractivity contribution in [1.29, 1.82) is 0 Å². The van der Waals surface area contributed by atoms with Crippen molar-refractivity contribution < 1.29 is 18.7 Å². The zero-order chi connectivity index (χ0) is 24.3. The highest BCUT2D eigenvalue weighted by atomic mass is 32.1. The van der Waals surface area contributed by atoms with Crippen LogP contribution in [0.3, 0.4) is 0 Å². The molecule has 1 aliphatic heterocycles. The lowest BCUT2D eigenvalue weighted by Gasteiger charge is -2.26. The van der Waals surface area contributed by atoms with E-state index in [0.29, 0.717) is 17.3 Å². The van der Waals surface area contributed by atoms with Crippen molar-refractivity contribution in [3.05, 3.63) is 59.4 Å². The van der Waals surface area contributed by atoms with Crippen molar-refractivity contribution in [2.45, 2.75) is 25.7 Å². The van der Waals surface area contributed by atoms with Crippen LogP contribution in [0, 0.1) is 5.82 Å². The molecule has 34 heavy (non-hydrogen) atoms. The quantitative estimate of drug-likeness (QED) is 0.258. The highest BCUT2D eigenvalue weighted by molar-refractivity contribution is 7.80. The third kappa shape index (κ3) is 7.39. The van der Waals surface area contributed by atoms with Crippen molar-refractivity contribution in [3.63, 3.8) is 0 Å². The van der Waals surface area contributed by atoms with Crippen molar-refractivity contribution in [2.24, 2.45) is 0 Å². The lowest BCUT2D eigenvalue weighted by molar-refractivity contribution is 0.0940. The maximum atomic E-state index is 13.8. The smallest absolute Gasteiger partial charge is 0.273 e. The highest BCUT2D eigenvalue weighted by Gasteiger charge is 2.16. The Morgan fingerprint density at radius 1 is 1.03 bits per heavy atom. The number of anilines is 1. The Morgan fingerprint density at radius 3 is 2.53 bits per heavy atom. The largest absolute Gasteiger partial charge is 0.496 e. The number of likely N-dealkylation sites (tertiary alicyclic amines) is 1. The van der Waals surface area contributed by atoms with Crippen LogP contribution in [0.15, 0.2) is 42.5 Å². The molecule has 8 nitrogen and oxygen atoms in total. The van der Waals surface area contributed by atoms with Crippen molar-refractivity contribution in [1.82, 2.24) is 21.1 Å². The summed E-state index contributed by atoms with van der Waals surface area (Å²) in [6.07, 6.45) is 4.81. The van der Waals surface area contributed by atoms with E-state index in [0.717, 1.165) is 26.1 Å². The molecule has 182 valence electrons. The van der Waals surface area contributed by atoms with E-state index in [9.17, 15) is 14.0 Å². The van der Waals surface area contributed by atoms with Crippen molar-refractivity contribution in [2.75, 3.05) is 38.6 Å². The molecular weight excluding hydrogens is 457 g/mol. The lowest BCUT2D eigenvalue weighted by Crippen LogP contribution is -2.47. The molecule has 2 amide bonds. The van der Waals surface area contributed by atoms with Gasteiger partial charge in [0, 0.05) is 18.3 Å². The molecule has 1 aliphatic rings. The number of thiocarbonyl (C=S) groups is 1. The topological polar surface area (TPSA) is 94.7 Å². The van der Waals surface area contributed by atoms with Crippen LogP contribution < -0.4 is 26.2 Å². The average Bonchev–Trinajstić information content (AvgIpc) is 2.86. The summed E-state index contributed by atoms with van der Waals surface area (Å²) < 4.78 is 19.1. The maximum absolute atomic E-state index is 13.8. The first-order valence-electron chi connectivity index (χ1n) is 11.3. The summed E-state index contributed by atoms with van der Waals surface area (Å²) >= 11 is 5.22. The predicted octanol–water partition coefficient (Wildman–Crippen LogP) is 3.07. The monoisotopic (exact) mass is 487 g/mol. The first-order valence-corrected chi connectivity index (χ1v) is 11.7. The molecule has 0 atom stereocenters. The number of carbonyl (C=O) groups is 2. The molecule has 0 saturated carbocycles. The van der Waals surface area contributed by atoms with Crippen LogP contribution in [0.25, 0.3) is 0 Å². The fraction of sp³-hybridized carbons (Fsp3) is 0.375. The van der Waals surface area contributed by atoms with E-state index < -0.39 is 17.6 Å². The molecular formula is C24H30FN5O3S. The molecule has 0 bridgehead atoms. The Balaban J connectivity index is 1.47. The molecule has 1 fully saturated rings. The number of hydrogen-bond donors (Lipinski definition) is 4. The fourth-order valence-corrected chi connectivity index (χ4v) is 3.87. The van der Waals surface area contributed by atoms with Gasteiger partial charge in [0.2, 0.25) is 0 Å². The SMILES string of the molecule is COc1cc(NC(=O)c2ccccc2F)ccc1C(=O)NNC(=S)NCCCN1CCCCC1. The Kier molecular flexibility index (Phi) is 9.60.